The molecule has 1 unspecified atom stereocenters. The highest BCUT2D eigenvalue weighted by Crippen LogP contribution is 2.04. The van der Waals surface area contributed by atoms with E-state index >= 15 is 0 Å². The number of methoxy groups -OCH3 is 1. The molecule has 1 rings (SSSR count). The van der Waals surface area contributed by atoms with Crippen LogP contribution in [0.5, 0.6) is 0 Å². The molecule has 5 heteroatoms. The Labute approximate surface area is 76.5 Å². The van der Waals surface area contributed by atoms with E-state index in [1.54, 1.807) is 12.4 Å². The van der Waals surface area contributed by atoms with Crippen LogP contribution in [0.25, 0.3) is 0 Å². The SMILES string of the molecule is COCC(=O)NC(C)c1ncc[nH]1. The maximum Gasteiger partial charge on any atom is 0.246 e. The summed E-state index contributed by atoms with van der Waals surface area (Å²) in [6.45, 7) is 1.93. The highest BCUT2D eigenvalue weighted by Gasteiger charge is 2.10. The van der Waals surface area contributed by atoms with Crippen molar-refractivity contribution >= 4 is 5.91 Å². The number of aromatic amines is 1. The molecule has 0 aliphatic carbocycles. The summed E-state index contributed by atoms with van der Waals surface area (Å²) in [6, 6.07) is -0.113. The van der Waals surface area contributed by atoms with Gasteiger partial charge in [0.05, 0.1) is 6.04 Å². The van der Waals surface area contributed by atoms with Crippen LogP contribution in [0.4, 0.5) is 0 Å². The quantitative estimate of drug-likeness (QED) is 0.702. The van der Waals surface area contributed by atoms with Gasteiger partial charge in [0.1, 0.15) is 12.4 Å². The third-order valence-electron chi connectivity index (χ3n) is 1.58. The largest absolute Gasteiger partial charge is 0.375 e. The van der Waals surface area contributed by atoms with Crippen molar-refractivity contribution in [1.82, 2.24) is 15.3 Å². The van der Waals surface area contributed by atoms with E-state index < -0.39 is 0 Å². The minimum atomic E-state index is -0.147. The Balaban J connectivity index is 2.42. The predicted molar refractivity (Wildman–Crippen MR) is 47.0 cm³/mol. The predicted octanol–water partition coefficient (Wildman–Crippen LogP) is 0.233. The second-order valence-electron chi connectivity index (χ2n) is 2.70. The van der Waals surface area contributed by atoms with Crippen LogP contribution >= 0.6 is 0 Å². The van der Waals surface area contributed by atoms with Gasteiger partial charge in [0.15, 0.2) is 0 Å². The summed E-state index contributed by atoms with van der Waals surface area (Å²) in [5.74, 6) is 0.593. The van der Waals surface area contributed by atoms with E-state index in [0.717, 1.165) is 5.82 Å². The van der Waals surface area contributed by atoms with Crippen molar-refractivity contribution in [2.75, 3.05) is 13.7 Å². The molecule has 72 valence electrons. The third-order valence-corrected chi connectivity index (χ3v) is 1.58. The second-order valence-corrected chi connectivity index (χ2v) is 2.70. The molecular formula is C8H13N3O2. The molecule has 13 heavy (non-hydrogen) atoms. The normalized spacial score (nSPS) is 12.5. The third kappa shape index (κ3) is 2.87. The Morgan fingerprint density at radius 3 is 3.15 bits per heavy atom. The number of H-pyrrole nitrogens is 1. The lowest BCUT2D eigenvalue weighted by Gasteiger charge is -2.10. The highest BCUT2D eigenvalue weighted by molar-refractivity contribution is 5.77. The van der Waals surface area contributed by atoms with E-state index in [-0.39, 0.29) is 18.6 Å². The van der Waals surface area contributed by atoms with Gasteiger partial charge in [-0.3, -0.25) is 4.79 Å². The minimum absolute atomic E-state index is 0.0745. The highest BCUT2D eigenvalue weighted by atomic mass is 16.5. The van der Waals surface area contributed by atoms with E-state index in [1.165, 1.54) is 7.11 Å². The summed E-state index contributed by atoms with van der Waals surface area (Å²) < 4.78 is 4.68. The summed E-state index contributed by atoms with van der Waals surface area (Å²) in [7, 11) is 1.48. The van der Waals surface area contributed by atoms with Gasteiger partial charge in [0.25, 0.3) is 0 Å². The van der Waals surface area contributed by atoms with Crippen LogP contribution in [0.1, 0.15) is 18.8 Å². The van der Waals surface area contributed by atoms with Crippen LogP contribution in [0.15, 0.2) is 12.4 Å². The van der Waals surface area contributed by atoms with Gasteiger partial charge in [-0.25, -0.2) is 4.98 Å². The molecule has 0 saturated heterocycles. The van der Waals surface area contributed by atoms with Crippen LogP contribution in [0, 0.1) is 0 Å². The zero-order valence-electron chi connectivity index (χ0n) is 7.70. The van der Waals surface area contributed by atoms with Gasteiger partial charge in [-0.15, -0.1) is 0 Å². The Morgan fingerprint density at radius 1 is 1.85 bits per heavy atom. The van der Waals surface area contributed by atoms with Crippen molar-refractivity contribution in [1.29, 1.82) is 0 Å². The van der Waals surface area contributed by atoms with Crippen LogP contribution in [-0.4, -0.2) is 29.6 Å². The molecule has 0 fully saturated rings. The first-order chi connectivity index (χ1) is 6.24. The van der Waals surface area contributed by atoms with Crippen LogP contribution in [0.3, 0.4) is 0 Å². The molecule has 1 amide bonds. The average molecular weight is 183 g/mol. The number of hydrogen-bond donors (Lipinski definition) is 2. The molecule has 1 aromatic heterocycles. The second kappa shape index (κ2) is 4.61. The Kier molecular flexibility index (Phi) is 3.45. The van der Waals surface area contributed by atoms with Crippen molar-refractivity contribution < 1.29 is 9.53 Å². The van der Waals surface area contributed by atoms with E-state index in [4.69, 9.17) is 0 Å². The fraction of sp³-hybridized carbons (Fsp3) is 0.500. The summed E-state index contributed by atoms with van der Waals surface area (Å²) in [6.07, 6.45) is 3.36. The number of aromatic nitrogens is 2. The first kappa shape index (κ1) is 9.73. The van der Waals surface area contributed by atoms with E-state index in [1.807, 2.05) is 6.92 Å². The summed E-state index contributed by atoms with van der Waals surface area (Å²) >= 11 is 0. The molecule has 0 aliphatic heterocycles. The lowest BCUT2D eigenvalue weighted by Crippen LogP contribution is -2.30. The fourth-order valence-corrected chi connectivity index (χ4v) is 0.997. The molecule has 0 saturated carbocycles. The molecule has 5 nitrogen and oxygen atoms in total. The van der Waals surface area contributed by atoms with Gasteiger partial charge < -0.3 is 15.0 Å². The van der Waals surface area contributed by atoms with Crippen molar-refractivity contribution in [3.05, 3.63) is 18.2 Å². The molecule has 0 aromatic carbocycles. The molecule has 0 aliphatic rings. The van der Waals surface area contributed by atoms with Gasteiger partial charge in [0, 0.05) is 19.5 Å². The molecule has 0 radical (unpaired) electrons. The minimum Gasteiger partial charge on any atom is -0.375 e. The van der Waals surface area contributed by atoms with Gasteiger partial charge in [-0.2, -0.15) is 0 Å². The number of hydrogen-bond acceptors (Lipinski definition) is 3. The van der Waals surface area contributed by atoms with Crippen molar-refractivity contribution in [3.63, 3.8) is 0 Å². The first-order valence-corrected chi connectivity index (χ1v) is 4.01. The number of carbonyl (C=O) groups excluding carboxylic acids is 1. The van der Waals surface area contributed by atoms with E-state index in [9.17, 15) is 4.79 Å². The summed E-state index contributed by atoms with van der Waals surface area (Å²) in [5, 5.41) is 2.73. The standard InChI is InChI=1S/C8H13N3O2/c1-6(8-9-3-4-10-8)11-7(12)5-13-2/h3-4,6H,5H2,1-2H3,(H,9,10)(H,11,12). The number of imidazole rings is 1. The number of rotatable bonds is 4. The smallest absolute Gasteiger partial charge is 0.246 e. The molecule has 2 N–H and O–H groups in total. The lowest BCUT2D eigenvalue weighted by molar-refractivity contribution is -0.125. The number of amides is 1. The Hall–Kier alpha value is -1.36. The Bertz CT molecular complexity index is 258. The van der Waals surface area contributed by atoms with Crippen LogP contribution in [-0.2, 0) is 9.53 Å². The van der Waals surface area contributed by atoms with Crippen LogP contribution < -0.4 is 5.32 Å². The van der Waals surface area contributed by atoms with Crippen molar-refractivity contribution in [2.45, 2.75) is 13.0 Å². The molecular weight excluding hydrogens is 170 g/mol. The molecule has 1 aromatic rings. The maximum atomic E-state index is 11.1. The van der Waals surface area contributed by atoms with Gasteiger partial charge in [-0.1, -0.05) is 0 Å². The number of ether oxygens (including phenoxy) is 1. The van der Waals surface area contributed by atoms with E-state index in [0.29, 0.717) is 0 Å². The lowest BCUT2D eigenvalue weighted by atomic mass is 10.3. The zero-order chi connectivity index (χ0) is 9.68. The average Bonchev–Trinajstić information content (AvgIpc) is 2.55. The number of nitrogens with zero attached hydrogens (tertiary/aromatic N) is 1. The van der Waals surface area contributed by atoms with Gasteiger partial charge >= 0.3 is 0 Å². The summed E-state index contributed by atoms with van der Waals surface area (Å²) in [5.41, 5.74) is 0. The number of carbonyl (C=O) groups is 1. The molecule has 0 bridgehead atoms. The molecule has 1 heterocycles. The topological polar surface area (TPSA) is 67.0 Å². The zero-order valence-corrected chi connectivity index (χ0v) is 7.70. The monoisotopic (exact) mass is 183 g/mol. The van der Waals surface area contributed by atoms with Gasteiger partial charge in [-0.05, 0) is 6.92 Å². The first-order valence-electron chi connectivity index (χ1n) is 4.01. The Morgan fingerprint density at radius 2 is 2.62 bits per heavy atom. The van der Waals surface area contributed by atoms with Crippen LogP contribution in [0.2, 0.25) is 0 Å². The summed E-state index contributed by atoms with van der Waals surface area (Å²) in [4.78, 5) is 18.0. The van der Waals surface area contributed by atoms with E-state index in [2.05, 4.69) is 20.0 Å². The molecule has 1 atom stereocenters. The molecule has 0 spiro atoms. The number of nitrogens with one attached hydrogen (secondary N) is 2. The maximum absolute atomic E-state index is 11.1. The van der Waals surface area contributed by atoms with Crippen molar-refractivity contribution in [3.8, 4) is 0 Å². The van der Waals surface area contributed by atoms with Crippen molar-refractivity contribution in [2.24, 2.45) is 0 Å². The van der Waals surface area contributed by atoms with Gasteiger partial charge in [0.2, 0.25) is 5.91 Å². The fourth-order valence-electron chi connectivity index (χ4n) is 0.997.